The van der Waals surface area contributed by atoms with Crippen LogP contribution in [0.15, 0.2) is 164 Å². The van der Waals surface area contributed by atoms with Crippen molar-refractivity contribution in [1.29, 1.82) is 0 Å². The number of benzene rings is 6. The molecule has 0 spiro atoms. The SMILES string of the molecule is C[C@H](NC(=O)c1cc(OC[C@@H]2C[C@H](SC(c3ccccc3)(c3ccccc3)c3ccccc3)CN2C(=O)OC(C)(C)C)ccc1CCc1ccc(F)cc1)C(=O)Cc1ccccc1. The molecule has 0 saturated carbocycles. The fraction of sp³-hybridized carbons (Fsp3) is 0.278. The Bertz CT molecular complexity index is 2350. The van der Waals surface area contributed by atoms with Gasteiger partial charge < -0.3 is 19.7 Å². The highest BCUT2D eigenvalue weighted by molar-refractivity contribution is 8.01. The lowest BCUT2D eigenvalue weighted by atomic mass is 9.84. The molecule has 0 unspecified atom stereocenters. The van der Waals surface area contributed by atoms with Crippen LogP contribution in [0, 0.1) is 5.82 Å². The Kier molecular flexibility index (Phi) is 14.5. The van der Waals surface area contributed by atoms with Crippen LogP contribution in [0.2, 0.25) is 0 Å². The summed E-state index contributed by atoms with van der Waals surface area (Å²) in [5, 5.41) is 2.92. The molecule has 3 atom stereocenters. The van der Waals surface area contributed by atoms with E-state index in [0.29, 0.717) is 37.1 Å². The summed E-state index contributed by atoms with van der Waals surface area (Å²) in [5.74, 6) is -0.354. The molecule has 1 aliphatic heterocycles. The van der Waals surface area contributed by atoms with Crippen LogP contribution in [0.1, 0.15) is 77.9 Å². The molecule has 1 aliphatic rings. The van der Waals surface area contributed by atoms with Crippen LogP contribution < -0.4 is 10.1 Å². The quantitative estimate of drug-likeness (QED) is 0.0976. The third-order valence-electron chi connectivity index (χ3n) is 11.3. The van der Waals surface area contributed by atoms with Crippen LogP contribution in [0.3, 0.4) is 0 Å². The molecule has 0 aromatic heterocycles. The Morgan fingerprint density at radius 3 is 1.84 bits per heavy atom. The van der Waals surface area contributed by atoms with Gasteiger partial charge in [-0.25, -0.2) is 9.18 Å². The molecule has 2 amide bonds. The summed E-state index contributed by atoms with van der Waals surface area (Å²) in [6.07, 6.45) is 1.49. The number of ketones is 1. The molecule has 1 heterocycles. The van der Waals surface area contributed by atoms with Crippen LogP contribution >= 0.6 is 11.8 Å². The van der Waals surface area contributed by atoms with E-state index in [1.165, 1.54) is 12.1 Å². The number of Topliss-reactive ketones (excluding diaryl/α,β-unsaturated/α-hetero) is 1. The highest BCUT2D eigenvalue weighted by atomic mass is 32.2. The van der Waals surface area contributed by atoms with Gasteiger partial charge in [0, 0.05) is 23.8 Å². The number of amides is 2. The predicted molar refractivity (Wildman–Crippen MR) is 250 cm³/mol. The Hall–Kier alpha value is -6.19. The van der Waals surface area contributed by atoms with Gasteiger partial charge in [0.2, 0.25) is 0 Å². The number of nitrogens with zero attached hydrogens (tertiary/aromatic N) is 1. The first-order valence-electron chi connectivity index (χ1n) is 21.6. The first-order valence-corrected chi connectivity index (χ1v) is 22.5. The van der Waals surface area contributed by atoms with E-state index in [4.69, 9.17) is 9.47 Å². The second-order valence-corrected chi connectivity index (χ2v) is 18.6. The molecule has 0 bridgehead atoms. The highest BCUT2D eigenvalue weighted by Crippen LogP contribution is 2.52. The fourth-order valence-corrected chi connectivity index (χ4v) is 10.0. The molecule has 0 radical (unpaired) electrons. The summed E-state index contributed by atoms with van der Waals surface area (Å²) in [6, 6.07) is 51.7. The molecule has 6 aromatic rings. The van der Waals surface area contributed by atoms with E-state index in [9.17, 15) is 18.8 Å². The number of ether oxygens (including phenoxy) is 2. The Labute approximate surface area is 375 Å². The number of rotatable bonds is 16. The standard InChI is InChI=1S/C54H55FN2O5S/c1-38(50(58)33-40-17-9-5-10-18-40)56-51(59)49-35-47(32-29-41(49)28-25-39-26-30-45(55)31-27-39)61-37-46-34-48(36-57(46)52(60)62-53(2,3)4)63-54(42-19-11-6-12-20-42,43-21-13-7-14-22-43)44-23-15-8-16-24-44/h5-24,26-27,29-32,35,38,46,48H,25,28,33-34,36-37H2,1-4H3,(H,56,59)/t38-,46-,48-/m0/s1. The lowest BCUT2D eigenvalue weighted by Gasteiger charge is -2.37. The molecule has 0 aliphatic carbocycles. The number of thioether (sulfide) groups is 1. The van der Waals surface area contributed by atoms with Gasteiger partial charge in [0.25, 0.3) is 5.91 Å². The minimum Gasteiger partial charge on any atom is -0.491 e. The second kappa shape index (κ2) is 20.3. The van der Waals surface area contributed by atoms with Gasteiger partial charge in [0.1, 0.15) is 23.8 Å². The molecule has 1 saturated heterocycles. The van der Waals surface area contributed by atoms with Gasteiger partial charge in [-0.1, -0.05) is 140 Å². The van der Waals surface area contributed by atoms with Crippen LogP contribution in [0.4, 0.5) is 9.18 Å². The molecule has 7 rings (SSSR count). The van der Waals surface area contributed by atoms with Crippen molar-refractivity contribution in [2.45, 2.75) is 81.1 Å². The first kappa shape index (κ1) is 44.9. The molecular formula is C54H55FN2O5S. The zero-order chi connectivity index (χ0) is 44.4. The van der Waals surface area contributed by atoms with Crippen molar-refractivity contribution < 1.29 is 28.2 Å². The number of aryl methyl sites for hydroxylation is 2. The maximum absolute atomic E-state index is 14.1. The fourth-order valence-electron chi connectivity index (χ4n) is 8.14. The van der Waals surface area contributed by atoms with E-state index in [1.54, 1.807) is 30.0 Å². The summed E-state index contributed by atoms with van der Waals surface area (Å²) in [4.78, 5) is 43.1. The Morgan fingerprint density at radius 2 is 1.29 bits per heavy atom. The van der Waals surface area contributed by atoms with Gasteiger partial charge in [0.15, 0.2) is 5.78 Å². The first-order chi connectivity index (χ1) is 30.4. The van der Waals surface area contributed by atoms with Gasteiger partial charge in [-0.2, -0.15) is 0 Å². The number of carbonyl (C=O) groups excluding carboxylic acids is 3. The normalized spacial score (nSPS) is 15.7. The Morgan fingerprint density at radius 1 is 0.730 bits per heavy atom. The smallest absolute Gasteiger partial charge is 0.410 e. The van der Waals surface area contributed by atoms with Crippen molar-refractivity contribution in [3.63, 3.8) is 0 Å². The van der Waals surface area contributed by atoms with E-state index >= 15 is 0 Å². The zero-order valence-corrected chi connectivity index (χ0v) is 37.2. The van der Waals surface area contributed by atoms with Crippen molar-refractivity contribution in [2.24, 2.45) is 0 Å². The third-order valence-corrected chi connectivity index (χ3v) is 13.0. The summed E-state index contributed by atoms with van der Waals surface area (Å²) >= 11 is 1.84. The second-order valence-electron chi connectivity index (χ2n) is 17.1. The van der Waals surface area contributed by atoms with Gasteiger partial charge in [0.05, 0.1) is 16.8 Å². The lowest BCUT2D eigenvalue weighted by Crippen LogP contribution is -2.42. The molecule has 1 N–H and O–H groups in total. The average molecular weight is 863 g/mol. The predicted octanol–water partition coefficient (Wildman–Crippen LogP) is 11.0. The van der Waals surface area contributed by atoms with Gasteiger partial charge in [-0.05, 0) is 105 Å². The van der Waals surface area contributed by atoms with Crippen LogP contribution in [-0.2, 0) is 33.5 Å². The van der Waals surface area contributed by atoms with Crippen molar-refractivity contribution in [2.75, 3.05) is 13.2 Å². The van der Waals surface area contributed by atoms with Crippen LogP contribution in [-0.4, -0.2) is 58.8 Å². The molecule has 324 valence electrons. The minimum absolute atomic E-state index is 0.0168. The maximum atomic E-state index is 14.1. The minimum atomic E-state index is -0.739. The molecule has 7 nitrogen and oxygen atoms in total. The van der Waals surface area contributed by atoms with E-state index in [-0.39, 0.29) is 35.9 Å². The number of carbonyl (C=O) groups is 3. The molecule has 63 heavy (non-hydrogen) atoms. The third kappa shape index (κ3) is 11.4. The van der Waals surface area contributed by atoms with Crippen molar-refractivity contribution in [3.8, 4) is 5.75 Å². The number of halogens is 1. The van der Waals surface area contributed by atoms with Gasteiger partial charge in [-0.3, -0.25) is 9.59 Å². The number of nitrogens with one attached hydrogen (secondary N) is 1. The maximum Gasteiger partial charge on any atom is 0.410 e. The topological polar surface area (TPSA) is 84.9 Å². The average Bonchev–Trinajstić information content (AvgIpc) is 3.70. The zero-order valence-electron chi connectivity index (χ0n) is 36.3. The molecule has 1 fully saturated rings. The molecule has 6 aromatic carbocycles. The van der Waals surface area contributed by atoms with E-state index in [1.807, 2.05) is 93.2 Å². The Balaban J connectivity index is 1.16. The van der Waals surface area contributed by atoms with E-state index < -0.39 is 28.4 Å². The lowest BCUT2D eigenvalue weighted by molar-refractivity contribution is -0.119. The summed E-state index contributed by atoms with van der Waals surface area (Å²) < 4.78 is 25.6. The van der Waals surface area contributed by atoms with Crippen molar-refractivity contribution >= 4 is 29.5 Å². The van der Waals surface area contributed by atoms with E-state index in [2.05, 4.69) is 78.1 Å². The van der Waals surface area contributed by atoms with E-state index in [0.717, 1.165) is 33.4 Å². The highest BCUT2D eigenvalue weighted by Gasteiger charge is 2.45. The number of hydrogen-bond acceptors (Lipinski definition) is 6. The van der Waals surface area contributed by atoms with Crippen LogP contribution in [0.25, 0.3) is 0 Å². The summed E-state index contributed by atoms with van der Waals surface area (Å²) in [7, 11) is 0. The molecular weight excluding hydrogens is 808 g/mol. The van der Waals surface area contributed by atoms with Crippen molar-refractivity contribution in [1.82, 2.24) is 10.2 Å². The monoisotopic (exact) mass is 862 g/mol. The van der Waals surface area contributed by atoms with Gasteiger partial charge in [-0.15, -0.1) is 11.8 Å². The van der Waals surface area contributed by atoms with Crippen LogP contribution in [0.5, 0.6) is 5.75 Å². The number of hydrogen-bond donors (Lipinski definition) is 1. The molecule has 9 heteroatoms. The summed E-state index contributed by atoms with van der Waals surface area (Å²) in [5.41, 5.74) is 5.65. The summed E-state index contributed by atoms with van der Waals surface area (Å²) in [6.45, 7) is 7.89. The number of likely N-dealkylation sites (tertiary alicyclic amines) is 1. The largest absolute Gasteiger partial charge is 0.491 e. The van der Waals surface area contributed by atoms with Crippen molar-refractivity contribution in [3.05, 3.63) is 209 Å². The van der Waals surface area contributed by atoms with Gasteiger partial charge >= 0.3 is 6.09 Å².